The van der Waals surface area contributed by atoms with E-state index in [-0.39, 0.29) is 11.4 Å². The van der Waals surface area contributed by atoms with Crippen molar-refractivity contribution in [3.8, 4) is 11.5 Å². The maximum absolute atomic E-state index is 12.2. The number of fused-ring (bicyclic) bond motifs is 1. The Balaban J connectivity index is 1.30. The second-order valence-corrected chi connectivity index (χ2v) is 7.01. The van der Waals surface area contributed by atoms with E-state index in [0.717, 1.165) is 29.9 Å². The van der Waals surface area contributed by atoms with Crippen LogP contribution < -0.4 is 20.1 Å². The molecule has 5 nitrogen and oxygen atoms in total. The summed E-state index contributed by atoms with van der Waals surface area (Å²) in [6.07, 6.45) is 3.47. The van der Waals surface area contributed by atoms with Crippen LogP contribution in [0.15, 0.2) is 48.5 Å². The van der Waals surface area contributed by atoms with Gasteiger partial charge in [0.1, 0.15) is 13.2 Å². The van der Waals surface area contributed by atoms with Gasteiger partial charge in [0.05, 0.1) is 0 Å². The molecule has 2 aliphatic rings. The number of nitrogens with one attached hydrogen (secondary N) is 2. The predicted molar refractivity (Wildman–Crippen MR) is 99.6 cm³/mol. The first-order chi connectivity index (χ1) is 12.8. The molecule has 2 amide bonds. The van der Waals surface area contributed by atoms with Gasteiger partial charge in [-0.25, -0.2) is 4.79 Å². The first-order valence-electron chi connectivity index (χ1n) is 9.21. The summed E-state index contributed by atoms with van der Waals surface area (Å²) in [6, 6.07) is 16.1. The van der Waals surface area contributed by atoms with Crippen molar-refractivity contribution >= 4 is 6.03 Å². The average molecular weight is 352 g/mol. The van der Waals surface area contributed by atoms with Gasteiger partial charge in [-0.05, 0) is 36.1 Å². The first-order valence-corrected chi connectivity index (χ1v) is 9.21. The maximum Gasteiger partial charge on any atom is 0.315 e. The van der Waals surface area contributed by atoms with Gasteiger partial charge in [-0.3, -0.25) is 0 Å². The van der Waals surface area contributed by atoms with E-state index in [0.29, 0.717) is 26.3 Å². The van der Waals surface area contributed by atoms with Crippen molar-refractivity contribution < 1.29 is 14.3 Å². The third-order valence-corrected chi connectivity index (χ3v) is 5.34. The van der Waals surface area contributed by atoms with Gasteiger partial charge in [-0.15, -0.1) is 0 Å². The number of amides is 2. The fourth-order valence-electron chi connectivity index (χ4n) is 3.65. The van der Waals surface area contributed by atoms with Crippen molar-refractivity contribution in [2.45, 2.75) is 31.2 Å². The molecule has 2 aromatic carbocycles. The number of carbonyl (C=O) groups excluding carboxylic acids is 1. The molecule has 2 aromatic rings. The van der Waals surface area contributed by atoms with Crippen molar-refractivity contribution in [2.75, 3.05) is 19.8 Å². The highest BCUT2D eigenvalue weighted by Crippen LogP contribution is 2.43. The summed E-state index contributed by atoms with van der Waals surface area (Å²) in [5.74, 6) is 1.51. The molecule has 0 radical (unpaired) electrons. The van der Waals surface area contributed by atoms with Gasteiger partial charge in [0, 0.05) is 18.5 Å². The molecule has 2 N–H and O–H groups in total. The molecule has 0 saturated heterocycles. The first kappa shape index (κ1) is 16.8. The Morgan fingerprint density at radius 1 is 0.962 bits per heavy atom. The lowest BCUT2D eigenvalue weighted by atomic mass is 9.64. The molecule has 0 unspecified atom stereocenters. The van der Waals surface area contributed by atoms with Gasteiger partial charge in [-0.2, -0.15) is 0 Å². The summed E-state index contributed by atoms with van der Waals surface area (Å²) in [7, 11) is 0. The van der Waals surface area contributed by atoms with Gasteiger partial charge in [0.2, 0.25) is 0 Å². The van der Waals surface area contributed by atoms with E-state index in [1.54, 1.807) is 0 Å². The van der Waals surface area contributed by atoms with Crippen LogP contribution in [-0.4, -0.2) is 25.8 Å². The average Bonchev–Trinajstić information content (AvgIpc) is 2.66. The molecular formula is C21H24N2O3. The van der Waals surface area contributed by atoms with Crippen LogP contribution in [0.5, 0.6) is 11.5 Å². The standard InChI is InChI=1S/C21H24N2O3/c24-20(22-14-16-7-8-18-19(13-16)26-12-11-25-18)23-15-21(9-4-10-21)17-5-2-1-3-6-17/h1-3,5-8,13H,4,9-12,14-15H2,(H2,22,23,24). The molecule has 5 heteroatoms. The Bertz CT molecular complexity index is 772. The van der Waals surface area contributed by atoms with Crippen LogP contribution in [0, 0.1) is 0 Å². The number of carbonyl (C=O) groups is 1. The number of hydrogen-bond acceptors (Lipinski definition) is 3. The molecule has 0 spiro atoms. The zero-order chi connectivity index (χ0) is 17.8. The van der Waals surface area contributed by atoms with Crippen LogP contribution in [-0.2, 0) is 12.0 Å². The maximum atomic E-state index is 12.2. The summed E-state index contributed by atoms with van der Waals surface area (Å²) in [5.41, 5.74) is 2.40. The van der Waals surface area contributed by atoms with Crippen LogP contribution in [0.4, 0.5) is 4.79 Å². The van der Waals surface area contributed by atoms with Gasteiger partial charge >= 0.3 is 6.03 Å². The number of rotatable bonds is 5. The van der Waals surface area contributed by atoms with E-state index in [2.05, 4.69) is 34.9 Å². The van der Waals surface area contributed by atoms with E-state index < -0.39 is 0 Å². The number of ether oxygens (including phenoxy) is 2. The van der Waals surface area contributed by atoms with Crippen molar-refractivity contribution in [3.63, 3.8) is 0 Å². The quantitative estimate of drug-likeness (QED) is 0.867. The highest BCUT2D eigenvalue weighted by atomic mass is 16.6. The fourth-order valence-corrected chi connectivity index (χ4v) is 3.65. The molecule has 136 valence electrons. The highest BCUT2D eigenvalue weighted by Gasteiger charge is 2.38. The van der Waals surface area contributed by atoms with Crippen molar-refractivity contribution in [2.24, 2.45) is 0 Å². The number of urea groups is 1. The second kappa shape index (κ2) is 7.28. The summed E-state index contributed by atoms with van der Waals surface area (Å²) in [6.45, 7) is 2.27. The summed E-state index contributed by atoms with van der Waals surface area (Å²) < 4.78 is 11.1. The van der Waals surface area contributed by atoms with E-state index in [9.17, 15) is 4.79 Å². The zero-order valence-electron chi connectivity index (χ0n) is 14.8. The van der Waals surface area contributed by atoms with Crippen LogP contribution in [0.1, 0.15) is 30.4 Å². The van der Waals surface area contributed by atoms with Gasteiger partial charge < -0.3 is 20.1 Å². The van der Waals surface area contributed by atoms with E-state index in [4.69, 9.17) is 9.47 Å². The van der Waals surface area contributed by atoms with Crippen LogP contribution in [0.25, 0.3) is 0 Å². The van der Waals surface area contributed by atoms with Gasteiger partial charge in [0.15, 0.2) is 11.5 Å². The number of hydrogen-bond donors (Lipinski definition) is 2. The van der Waals surface area contributed by atoms with Gasteiger partial charge in [-0.1, -0.05) is 42.8 Å². The SMILES string of the molecule is O=C(NCc1ccc2c(c1)OCCO2)NCC1(c2ccccc2)CCC1. The topological polar surface area (TPSA) is 59.6 Å². The molecule has 0 aromatic heterocycles. The largest absolute Gasteiger partial charge is 0.486 e. The third kappa shape index (κ3) is 3.47. The predicted octanol–water partition coefficient (Wildman–Crippen LogP) is 3.38. The Morgan fingerprint density at radius 2 is 1.73 bits per heavy atom. The molecule has 0 atom stereocenters. The molecule has 1 heterocycles. The highest BCUT2D eigenvalue weighted by molar-refractivity contribution is 5.74. The Labute approximate surface area is 153 Å². The van der Waals surface area contributed by atoms with Crippen LogP contribution in [0.2, 0.25) is 0 Å². The van der Waals surface area contributed by atoms with Gasteiger partial charge in [0.25, 0.3) is 0 Å². The Morgan fingerprint density at radius 3 is 2.46 bits per heavy atom. The monoisotopic (exact) mass is 352 g/mol. The van der Waals surface area contributed by atoms with Crippen molar-refractivity contribution in [1.29, 1.82) is 0 Å². The Hall–Kier alpha value is -2.69. The van der Waals surface area contributed by atoms with E-state index in [1.807, 2.05) is 24.3 Å². The molecule has 26 heavy (non-hydrogen) atoms. The second-order valence-electron chi connectivity index (χ2n) is 7.01. The lowest BCUT2D eigenvalue weighted by molar-refractivity contribution is 0.171. The summed E-state index contributed by atoms with van der Waals surface area (Å²) in [5, 5.41) is 5.98. The molecule has 0 bridgehead atoms. The Kier molecular flexibility index (Phi) is 4.69. The molecule has 4 rings (SSSR count). The fraction of sp³-hybridized carbons (Fsp3) is 0.381. The van der Waals surface area contributed by atoms with E-state index in [1.165, 1.54) is 12.0 Å². The molecular weight excluding hydrogens is 328 g/mol. The lowest BCUT2D eigenvalue weighted by Crippen LogP contribution is -2.48. The van der Waals surface area contributed by atoms with Crippen molar-refractivity contribution in [1.82, 2.24) is 10.6 Å². The van der Waals surface area contributed by atoms with Crippen LogP contribution in [0.3, 0.4) is 0 Å². The van der Waals surface area contributed by atoms with E-state index >= 15 is 0 Å². The molecule has 1 fully saturated rings. The zero-order valence-corrected chi connectivity index (χ0v) is 14.8. The molecule has 1 aliphatic carbocycles. The minimum Gasteiger partial charge on any atom is -0.486 e. The summed E-state index contributed by atoms with van der Waals surface area (Å²) >= 11 is 0. The smallest absolute Gasteiger partial charge is 0.315 e. The lowest BCUT2D eigenvalue weighted by Gasteiger charge is -2.42. The summed E-state index contributed by atoms with van der Waals surface area (Å²) in [4.78, 5) is 12.2. The minimum absolute atomic E-state index is 0.0929. The normalized spacial score (nSPS) is 17.1. The van der Waals surface area contributed by atoms with Crippen molar-refractivity contribution in [3.05, 3.63) is 59.7 Å². The third-order valence-electron chi connectivity index (χ3n) is 5.34. The number of benzene rings is 2. The minimum atomic E-state index is -0.137. The van der Waals surface area contributed by atoms with Crippen LogP contribution >= 0.6 is 0 Å². The molecule has 1 saturated carbocycles. The molecule has 1 aliphatic heterocycles.